The van der Waals surface area contributed by atoms with Gasteiger partial charge in [0.1, 0.15) is 6.61 Å². The number of aromatic amines is 1. The number of esters is 1. The van der Waals surface area contributed by atoms with Crippen molar-refractivity contribution in [3.05, 3.63) is 42.7 Å². The normalized spacial score (nSPS) is 8.94. The van der Waals surface area contributed by atoms with E-state index in [1.807, 2.05) is 0 Å². The summed E-state index contributed by atoms with van der Waals surface area (Å²) in [6, 6.07) is 5.19. The minimum absolute atomic E-state index is 0. The molecule has 0 fully saturated rings. The summed E-state index contributed by atoms with van der Waals surface area (Å²) in [5.74, 6) is -0.361. The molecule has 2 rings (SSSR count). The fraction of sp³-hybridized carbons (Fsp3) is 0.0909. The molecule has 17 heavy (non-hydrogen) atoms. The monoisotopic (exact) mass is 274 g/mol. The summed E-state index contributed by atoms with van der Waals surface area (Å²) >= 11 is 0. The minimum atomic E-state index is -0.361. The third-order valence-electron chi connectivity index (χ3n) is 1.99. The molecule has 1 aromatic carbocycles. The maximum absolute atomic E-state index is 11.5. The molecule has 0 radical (unpaired) electrons. The van der Waals surface area contributed by atoms with E-state index in [-0.39, 0.29) is 37.4 Å². The van der Waals surface area contributed by atoms with Crippen molar-refractivity contribution in [2.24, 2.45) is 0 Å². The van der Waals surface area contributed by atoms with E-state index in [0.29, 0.717) is 5.56 Å². The van der Waals surface area contributed by atoms with Gasteiger partial charge in [-0.25, -0.2) is 9.78 Å². The van der Waals surface area contributed by atoms with Crippen LogP contribution in [0.3, 0.4) is 0 Å². The molecule has 0 unspecified atom stereocenters. The molecule has 2 aromatic rings. The van der Waals surface area contributed by atoms with Crippen LogP contribution in [-0.2, 0) is 4.74 Å². The third kappa shape index (κ3) is 3.47. The van der Waals surface area contributed by atoms with E-state index in [1.54, 1.807) is 24.5 Å². The number of benzene rings is 1. The van der Waals surface area contributed by atoms with Gasteiger partial charge in [-0.3, -0.25) is 0 Å². The highest BCUT2D eigenvalue weighted by atomic mass is 35.5. The van der Waals surface area contributed by atoms with E-state index < -0.39 is 0 Å². The Bertz CT molecular complexity index is 511. The van der Waals surface area contributed by atoms with Crippen molar-refractivity contribution in [1.29, 1.82) is 0 Å². The van der Waals surface area contributed by atoms with Crippen molar-refractivity contribution in [2.75, 3.05) is 6.61 Å². The summed E-state index contributed by atoms with van der Waals surface area (Å²) in [6.07, 6.45) is 3.12. The fourth-order valence-corrected chi connectivity index (χ4v) is 1.28. The van der Waals surface area contributed by atoms with Gasteiger partial charge in [0.05, 0.1) is 22.9 Å². The van der Waals surface area contributed by atoms with Gasteiger partial charge in [0.25, 0.3) is 0 Å². The van der Waals surface area contributed by atoms with Crippen LogP contribution in [0.1, 0.15) is 10.4 Å². The lowest BCUT2D eigenvalue weighted by molar-refractivity contribution is 0.0550. The van der Waals surface area contributed by atoms with Gasteiger partial charge in [0.2, 0.25) is 0 Å². The lowest BCUT2D eigenvalue weighted by atomic mass is 10.2. The first-order valence-electron chi connectivity index (χ1n) is 4.52. The second kappa shape index (κ2) is 6.93. The van der Waals surface area contributed by atoms with E-state index in [0.717, 1.165) is 11.0 Å². The van der Waals surface area contributed by atoms with Gasteiger partial charge < -0.3 is 9.72 Å². The average Bonchev–Trinajstić information content (AvgIpc) is 2.72. The van der Waals surface area contributed by atoms with Gasteiger partial charge in [0.15, 0.2) is 0 Å². The molecule has 0 bridgehead atoms. The van der Waals surface area contributed by atoms with Gasteiger partial charge in [-0.15, -0.1) is 24.8 Å². The Balaban J connectivity index is 0.00000128. The fourth-order valence-electron chi connectivity index (χ4n) is 1.28. The van der Waals surface area contributed by atoms with Gasteiger partial charge >= 0.3 is 5.97 Å². The van der Waals surface area contributed by atoms with Crippen molar-refractivity contribution >= 4 is 41.8 Å². The quantitative estimate of drug-likeness (QED) is 0.692. The van der Waals surface area contributed by atoms with Crippen LogP contribution < -0.4 is 0 Å². The molecule has 0 atom stereocenters. The van der Waals surface area contributed by atoms with Crippen LogP contribution in [0, 0.1) is 0 Å². The smallest absolute Gasteiger partial charge is 0.338 e. The first-order chi connectivity index (χ1) is 7.31. The largest absolute Gasteiger partial charge is 0.458 e. The van der Waals surface area contributed by atoms with Crippen molar-refractivity contribution in [1.82, 2.24) is 9.97 Å². The Labute approximate surface area is 111 Å². The molecular weight excluding hydrogens is 263 g/mol. The lowest BCUT2D eigenvalue weighted by Crippen LogP contribution is -2.04. The number of rotatable bonds is 3. The van der Waals surface area contributed by atoms with E-state index in [1.165, 1.54) is 6.08 Å². The van der Waals surface area contributed by atoms with E-state index in [2.05, 4.69) is 16.5 Å². The lowest BCUT2D eigenvalue weighted by Gasteiger charge is -2.00. The standard InChI is InChI=1S/C11H10N2O2.2ClH/c1-2-5-15-11(14)8-3-4-9-10(6-8)13-7-12-9;;/h2-4,6-7H,1,5H2,(H,12,13);2*1H. The highest BCUT2D eigenvalue weighted by molar-refractivity contribution is 5.93. The molecule has 92 valence electrons. The second-order valence-electron chi connectivity index (χ2n) is 3.02. The number of ether oxygens (including phenoxy) is 1. The summed E-state index contributed by atoms with van der Waals surface area (Å²) in [6.45, 7) is 3.69. The zero-order chi connectivity index (χ0) is 10.7. The predicted octanol–water partition coefficient (Wildman–Crippen LogP) is 2.75. The number of hydrogen-bond acceptors (Lipinski definition) is 3. The van der Waals surface area contributed by atoms with Crippen molar-refractivity contribution < 1.29 is 9.53 Å². The molecule has 0 aliphatic heterocycles. The molecular formula is C11H12Cl2N2O2. The average molecular weight is 275 g/mol. The number of carbonyl (C=O) groups excluding carboxylic acids is 1. The summed E-state index contributed by atoms with van der Waals surface area (Å²) in [7, 11) is 0. The summed E-state index contributed by atoms with van der Waals surface area (Å²) in [5.41, 5.74) is 2.15. The predicted molar refractivity (Wildman–Crippen MR) is 71.1 cm³/mol. The van der Waals surface area contributed by atoms with E-state index in [9.17, 15) is 4.79 Å². The maximum Gasteiger partial charge on any atom is 0.338 e. The number of H-pyrrole nitrogens is 1. The van der Waals surface area contributed by atoms with Gasteiger partial charge in [0, 0.05) is 0 Å². The van der Waals surface area contributed by atoms with Crippen LogP contribution in [0.2, 0.25) is 0 Å². The Morgan fingerprint density at radius 1 is 1.47 bits per heavy atom. The summed E-state index contributed by atoms with van der Waals surface area (Å²) in [5, 5.41) is 0. The number of imidazole rings is 1. The molecule has 0 saturated heterocycles. The van der Waals surface area contributed by atoms with Crippen LogP contribution in [0.4, 0.5) is 0 Å². The number of nitrogens with one attached hydrogen (secondary N) is 1. The van der Waals surface area contributed by atoms with Crippen LogP contribution in [0.15, 0.2) is 37.2 Å². The second-order valence-corrected chi connectivity index (χ2v) is 3.02. The SMILES string of the molecule is C=CCOC(=O)c1ccc2[nH]cnc2c1.Cl.Cl. The highest BCUT2D eigenvalue weighted by Crippen LogP contribution is 2.12. The molecule has 4 nitrogen and oxygen atoms in total. The molecule has 0 spiro atoms. The van der Waals surface area contributed by atoms with Crippen molar-refractivity contribution in [2.45, 2.75) is 0 Å². The van der Waals surface area contributed by atoms with Crippen LogP contribution >= 0.6 is 24.8 Å². The van der Waals surface area contributed by atoms with Crippen molar-refractivity contribution in [3.63, 3.8) is 0 Å². The Kier molecular flexibility index (Phi) is 6.31. The molecule has 0 aliphatic carbocycles. The summed E-state index contributed by atoms with van der Waals surface area (Å²) < 4.78 is 4.91. The topological polar surface area (TPSA) is 55.0 Å². The number of aromatic nitrogens is 2. The molecule has 0 amide bonds. The number of nitrogens with zero attached hydrogens (tertiary/aromatic N) is 1. The molecule has 1 N–H and O–H groups in total. The Morgan fingerprint density at radius 3 is 2.94 bits per heavy atom. The maximum atomic E-state index is 11.5. The van der Waals surface area contributed by atoms with Gasteiger partial charge in [-0.1, -0.05) is 12.7 Å². The molecule has 1 heterocycles. The van der Waals surface area contributed by atoms with E-state index in [4.69, 9.17) is 4.74 Å². The highest BCUT2D eigenvalue weighted by Gasteiger charge is 2.07. The molecule has 0 aliphatic rings. The number of hydrogen-bond donors (Lipinski definition) is 1. The Hall–Kier alpha value is -1.52. The van der Waals surface area contributed by atoms with E-state index >= 15 is 0 Å². The Morgan fingerprint density at radius 2 is 2.24 bits per heavy atom. The van der Waals surface area contributed by atoms with Gasteiger partial charge in [-0.05, 0) is 18.2 Å². The minimum Gasteiger partial charge on any atom is -0.458 e. The first kappa shape index (κ1) is 15.5. The summed E-state index contributed by atoms with van der Waals surface area (Å²) in [4.78, 5) is 18.5. The zero-order valence-electron chi connectivity index (χ0n) is 8.88. The third-order valence-corrected chi connectivity index (χ3v) is 1.99. The number of fused-ring (bicyclic) bond motifs is 1. The number of halogens is 2. The van der Waals surface area contributed by atoms with Crippen LogP contribution in [0.5, 0.6) is 0 Å². The van der Waals surface area contributed by atoms with Crippen LogP contribution in [-0.4, -0.2) is 22.5 Å². The molecule has 0 saturated carbocycles. The zero-order valence-corrected chi connectivity index (χ0v) is 10.5. The van der Waals surface area contributed by atoms with Crippen molar-refractivity contribution in [3.8, 4) is 0 Å². The molecule has 1 aromatic heterocycles. The number of carbonyl (C=O) groups is 1. The van der Waals surface area contributed by atoms with Gasteiger partial charge in [-0.2, -0.15) is 0 Å². The molecule has 6 heteroatoms. The van der Waals surface area contributed by atoms with Crippen LogP contribution in [0.25, 0.3) is 11.0 Å². The first-order valence-corrected chi connectivity index (χ1v) is 4.52.